The van der Waals surface area contributed by atoms with Crippen molar-refractivity contribution in [2.45, 2.75) is 44.0 Å². The van der Waals surface area contributed by atoms with Crippen LogP contribution in [0.15, 0.2) is 18.2 Å². The molecule has 0 aromatic heterocycles. The van der Waals surface area contributed by atoms with E-state index in [2.05, 4.69) is 11.8 Å². The first-order valence-corrected chi connectivity index (χ1v) is 10.7. The molecule has 2 N–H and O–H groups in total. The summed E-state index contributed by atoms with van der Waals surface area (Å²) < 4.78 is 33.4. The molecule has 1 heterocycles. The van der Waals surface area contributed by atoms with E-state index in [1.807, 2.05) is 0 Å². The Morgan fingerprint density at radius 3 is 2.44 bits per heavy atom. The monoisotopic (exact) mass is 451 g/mol. The number of ether oxygens (including phenoxy) is 6. The molecule has 2 unspecified atom stereocenters. The van der Waals surface area contributed by atoms with Gasteiger partial charge in [0.15, 0.2) is 11.5 Å². The smallest absolute Gasteiger partial charge is 0.331 e. The van der Waals surface area contributed by atoms with Crippen LogP contribution < -0.4 is 20.1 Å². The molecule has 1 aromatic rings. The van der Waals surface area contributed by atoms with Crippen LogP contribution in [0.25, 0.3) is 6.08 Å². The molecule has 3 rings (SSSR count). The molecular weight excluding hydrogens is 418 g/mol. The van der Waals surface area contributed by atoms with Gasteiger partial charge in [-0.3, -0.25) is 0 Å². The third-order valence-electron chi connectivity index (χ3n) is 6.05. The van der Waals surface area contributed by atoms with Crippen molar-refractivity contribution in [1.29, 1.82) is 0 Å². The molecule has 2 aliphatic rings. The number of hydrogen-bond donors (Lipinski definition) is 1. The van der Waals surface area contributed by atoms with Gasteiger partial charge in [0.25, 0.3) is 0 Å². The topological polar surface area (TPSA) is 111 Å². The van der Waals surface area contributed by atoms with Crippen LogP contribution in [0.1, 0.15) is 31.7 Å². The number of epoxide rings is 1. The number of carbonyl (C=O) groups is 1. The number of nitrogens with two attached hydrogens (primary N) is 1. The average molecular weight is 452 g/mol. The fraction of sp³-hybridized carbons (Fsp3) is 0.609. The largest absolute Gasteiger partial charge is 0.493 e. The average Bonchev–Trinajstić information content (AvgIpc) is 3.56. The fourth-order valence-electron chi connectivity index (χ4n) is 4.16. The first-order chi connectivity index (χ1) is 15.4. The first kappa shape index (κ1) is 24.3. The minimum absolute atomic E-state index is 0.130. The molecule has 9 nitrogen and oxygen atoms in total. The predicted octanol–water partition coefficient (Wildman–Crippen LogP) is 2.50. The van der Waals surface area contributed by atoms with E-state index in [4.69, 9.17) is 34.3 Å². The molecule has 1 saturated heterocycles. The summed E-state index contributed by atoms with van der Waals surface area (Å²) in [7, 11) is 4.78. The van der Waals surface area contributed by atoms with Gasteiger partial charge in [0, 0.05) is 19.1 Å². The van der Waals surface area contributed by atoms with Crippen LogP contribution in [-0.2, 0) is 23.8 Å². The maximum absolute atomic E-state index is 12.5. The Morgan fingerprint density at radius 2 is 1.88 bits per heavy atom. The SMILES string of the molecule is COc1cc(/C=C/C(=O)O[C@@H]2CC[C@@H](OC)C(C3(C)CO3)C2)cc(OC)c1OCCON. The van der Waals surface area contributed by atoms with E-state index in [9.17, 15) is 4.79 Å². The summed E-state index contributed by atoms with van der Waals surface area (Å²) in [6.07, 6.45) is 5.37. The van der Waals surface area contributed by atoms with Crippen molar-refractivity contribution in [2.24, 2.45) is 11.8 Å². The molecule has 9 heteroatoms. The van der Waals surface area contributed by atoms with Crippen LogP contribution in [0.4, 0.5) is 0 Å². The van der Waals surface area contributed by atoms with Crippen LogP contribution in [0, 0.1) is 5.92 Å². The summed E-state index contributed by atoms with van der Waals surface area (Å²) in [6.45, 7) is 3.27. The van der Waals surface area contributed by atoms with Crippen molar-refractivity contribution in [2.75, 3.05) is 41.2 Å². The van der Waals surface area contributed by atoms with E-state index >= 15 is 0 Å². The number of carbonyl (C=O) groups excluding carboxylic acids is 1. The summed E-state index contributed by atoms with van der Waals surface area (Å²) in [5.41, 5.74) is 0.535. The van der Waals surface area contributed by atoms with Crippen LogP contribution in [-0.4, -0.2) is 64.9 Å². The Kier molecular flexibility index (Phi) is 8.36. The molecule has 178 valence electrons. The van der Waals surface area contributed by atoms with Gasteiger partial charge in [-0.15, -0.1) is 0 Å². The van der Waals surface area contributed by atoms with Gasteiger partial charge < -0.3 is 33.3 Å². The minimum Gasteiger partial charge on any atom is -0.493 e. The van der Waals surface area contributed by atoms with Crippen molar-refractivity contribution in [3.63, 3.8) is 0 Å². The molecule has 0 radical (unpaired) electrons. The van der Waals surface area contributed by atoms with Crippen molar-refractivity contribution in [3.05, 3.63) is 23.8 Å². The first-order valence-electron chi connectivity index (χ1n) is 10.7. The molecule has 1 aromatic carbocycles. The van der Waals surface area contributed by atoms with Crippen LogP contribution in [0.5, 0.6) is 17.2 Å². The Morgan fingerprint density at radius 1 is 1.19 bits per heavy atom. The lowest BCUT2D eigenvalue weighted by Gasteiger charge is -2.36. The molecule has 1 saturated carbocycles. The van der Waals surface area contributed by atoms with Gasteiger partial charge >= 0.3 is 5.97 Å². The predicted molar refractivity (Wildman–Crippen MR) is 117 cm³/mol. The lowest BCUT2D eigenvalue weighted by Crippen LogP contribution is -2.42. The Hall–Kier alpha value is -2.33. The highest BCUT2D eigenvalue weighted by Crippen LogP contribution is 2.44. The molecule has 0 amide bonds. The third-order valence-corrected chi connectivity index (χ3v) is 6.05. The summed E-state index contributed by atoms with van der Waals surface area (Å²) >= 11 is 0. The molecule has 32 heavy (non-hydrogen) atoms. The number of rotatable bonds is 11. The lowest BCUT2D eigenvalue weighted by atomic mass is 9.77. The molecule has 1 aliphatic heterocycles. The number of benzene rings is 1. The molecule has 4 atom stereocenters. The Balaban J connectivity index is 1.63. The number of methoxy groups -OCH3 is 3. The van der Waals surface area contributed by atoms with E-state index in [0.29, 0.717) is 22.8 Å². The second-order valence-electron chi connectivity index (χ2n) is 8.16. The van der Waals surface area contributed by atoms with Crippen LogP contribution in [0.3, 0.4) is 0 Å². The van der Waals surface area contributed by atoms with E-state index in [0.717, 1.165) is 25.9 Å². The second-order valence-corrected chi connectivity index (χ2v) is 8.16. The highest BCUT2D eigenvalue weighted by molar-refractivity contribution is 5.87. The third kappa shape index (κ3) is 5.92. The Bertz CT molecular complexity index is 782. The van der Waals surface area contributed by atoms with Crippen molar-refractivity contribution in [1.82, 2.24) is 0 Å². The highest BCUT2D eigenvalue weighted by atomic mass is 16.6. The fourth-order valence-corrected chi connectivity index (χ4v) is 4.16. The van der Waals surface area contributed by atoms with Gasteiger partial charge in [0.2, 0.25) is 5.75 Å². The van der Waals surface area contributed by atoms with Crippen LogP contribution in [0.2, 0.25) is 0 Å². The molecule has 0 bridgehead atoms. The van der Waals surface area contributed by atoms with E-state index < -0.39 is 5.97 Å². The zero-order chi connectivity index (χ0) is 23.1. The lowest BCUT2D eigenvalue weighted by molar-refractivity contribution is -0.148. The molecule has 0 spiro atoms. The number of esters is 1. The quantitative estimate of drug-likeness (QED) is 0.178. The van der Waals surface area contributed by atoms with Crippen molar-refractivity contribution >= 4 is 12.0 Å². The highest BCUT2D eigenvalue weighted by Gasteiger charge is 2.52. The molecule has 1 aliphatic carbocycles. The summed E-state index contributed by atoms with van der Waals surface area (Å²) in [4.78, 5) is 17.0. The van der Waals surface area contributed by atoms with Crippen LogP contribution >= 0.6 is 0 Å². The van der Waals surface area contributed by atoms with Gasteiger partial charge in [-0.1, -0.05) is 0 Å². The van der Waals surface area contributed by atoms with Crippen molar-refractivity contribution in [3.8, 4) is 17.2 Å². The molecular formula is C23H33NO8. The minimum atomic E-state index is -0.398. The zero-order valence-electron chi connectivity index (χ0n) is 19.1. The zero-order valence-corrected chi connectivity index (χ0v) is 19.1. The van der Waals surface area contributed by atoms with Gasteiger partial charge in [0.05, 0.1) is 32.5 Å². The van der Waals surface area contributed by atoms with Crippen molar-refractivity contribution < 1.29 is 38.1 Å². The van der Waals surface area contributed by atoms with E-state index in [1.165, 1.54) is 20.3 Å². The van der Waals surface area contributed by atoms with Gasteiger partial charge in [0.1, 0.15) is 19.3 Å². The van der Waals surface area contributed by atoms with Gasteiger partial charge in [-0.25, -0.2) is 10.7 Å². The molecule has 2 fully saturated rings. The van der Waals surface area contributed by atoms with Gasteiger partial charge in [-0.05, 0) is 50.0 Å². The van der Waals surface area contributed by atoms with Gasteiger partial charge in [-0.2, -0.15) is 0 Å². The summed E-state index contributed by atoms with van der Waals surface area (Å²) in [5, 5.41) is 0. The number of hydrogen-bond acceptors (Lipinski definition) is 9. The van der Waals surface area contributed by atoms with E-state index in [1.54, 1.807) is 25.3 Å². The maximum Gasteiger partial charge on any atom is 0.331 e. The summed E-state index contributed by atoms with van der Waals surface area (Å²) in [5.74, 6) is 6.21. The second kappa shape index (κ2) is 11.0. The maximum atomic E-state index is 12.5. The van der Waals surface area contributed by atoms with E-state index in [-0.39, 0.29) is 36.9 Å². The standard InChI is InChI=1S/C23H33NO8/c1-23(14-30-23)17-13-16(6-7-18(17)26-2)32-21(25)8-5-15-11-19(27-3)22(20(12-15)28-4)29-9-10-31-24/h5,8,11-12,16-18H,6-7,9-10,13-14,24H2,1-4H3/b8-5+/t16-,17?,18-,23?/m1/s1. The summed E-state index contributed by atoms with van der Waals surface area (Å²) in [6, 6.07) is 3.49. The Labute approximate surface area is 188 Å². The normalized spacial score (nSPS) is 27.2.